The smallest absolute Gasteiger partial charge is 0.307 e. The van der Waals surface area contributed by atoms with Crippen LogP contribution in [0.3, 0.4) is 0 Å². The van der Waals surface area contributed by atoms with Gasteiger partial charge in [0.1, 0.15) is 0 Å². The molecule has 0 saturated carbocycles. The second kappa shape index (κ2) is 10.6. The van der Waals surface area contributed by atoms with Crippen molar-refractivity contribution in [2.75, 3.05) is 33.9 Å². The first-order valence-corrected chi connectivity index (χ1v) is 7.66. The molecule has 0 fully saturated rings. The highest BCUT2D eigenvalue weighted by atomic mass is 16.5. The Bertz CT molecular complexity index is 522. The van der Waals surface area contributed by atoms with Crippen molar-refractivity contribution in [2.24, 2.45) is 0 Å². The fourth-order valence-electron chi connectivity index (χ4n) is 2.01. The number of nitrogens with zero attached hydrogens (tertiary/aromatic N) is 1. The average molecular weight is 319 g/mol. The summed E-state index contributed by atoms with van der Waals surface area (Å²) in [4.78, 5) is 25.2. The molecule has 1 aromatic carbocycles. The van der Waals surface area contributed by atoms with E-state index in [0.29, 0.717) is 19.7 Å². The van der Waals surface area contributed by atoms with E-state index in [9.17, 15) is 9.59 Å². The SMILES string of the molecule is COCCCN(CCC(=O)OC)C(=O)/C=C/c1ccc(C)cc1. The maximum Gasteiger partial charge on any atom is 0.307 e. The van der Waals surface area contributed by atoms with Gasteiger partial charge in [0.25, 0.3) is 0 Å². The van der Waals surface area contributed by atoms with E-state index in [1.54, 1.807) is 18.1 Å². The summed E-state index contributed by atoms with van der Waals surface area (Å²) < 4.78 is 9.64. The molecule has 0 atom stereocenters. The van der Waals surface area contributed by atoms with Gasteiger partial charge in [-0.1, -0.05) is 29.8 Å². The molecule has 0 aromatic heterocycles. The number of amides is 1. The minimum atomic E-state index is -0.322. The van der Waals surface area contributed by atoms with E-state index in [2.05, 4.69) is 4.74 Å². The van der Waals surface area contributed by atoms with E-state index >= 15 is 0 Å². The van der Waals surface area contributed by atoms with Gasteiger partial charge in [0.05, 0.1) is 13.5 Å². The molecule has 0 spiro atoms. The van der Waals surface area contributed by atoms with Crippen LogP contribution in [0.5, 0.6) is 0 Å². The quantitative estimate of drug-likeness (QED) is 0.398. The van der Waals surface area contributed by atoms with Gasteiger partial charge >= 0.3 is 5.97 Å². The normalized spacial score (nSPS) is 10.7. The summed E-state index contributed by atoms with van der Waals surface area (Å²) in [5.74, 6) is -0.442. The first-order chi connectivity index (χ1) is 11.1. The van der Waals surface area contributed by atoms with Crippen LogP contribution in [0.2, 0.25) is 0 Å². The lowest BCUT2D eigenvalue weighted by atomic mass is 10.1. The minimum Gasteiger partial charge on any atom is -0.469 e. The van der Waals surface area contributed by atoms with Crippen LogP contribution in [0.4, 0.5) is 0 Å². The number of hydrogen-bond acceptors (Lipinski definition) is 4. The molecule has 1 aromatic rings. The number of esters is 1. The standard InChI is InChI=1S/C18H25NO4/c1-15-5-7-16(8-6-15)9-10-17(20)19(12-4-14-22-2)13-11-18(21)23-3/h5-10H,4,11-14H2,1-3H3/b10-9+. The molecular weight excluding hydrogens is 294 g/mol. The number of aryl methyl sites for hydroxylation is 1. The van der Waals surface area contributed by atoms with Crippen LogP contribution in [0.15, 0.2) is 30.3 Å². The Hall–Kier alpha value is -2.14. The third-order valence-electron chi connectivity index (χ3n) is 3.40. The molecule has 0 saturated heterocycles. The molecule has 0 radical (unpaired) electrons. The van der Waals surface area contributed by atoms with E-state index in [0.717, 1.165) is 12.0 Å². The van der Waals surface area contributed by atoms with Crippen molar-refractivity contribution in [3.8, 4) is 0 Å². The molecule has 0 N–H and O–H groups in total. The highest BCUT2D eigenvalue weighted by Crippen LogP contribution is 2.06. The average Bonchev–Trinajstić information content (AvgIpc) is 2.56. The van der Waals surface area contributed by atoms with Gasteiger partial charge < -0.3 is 14.4 Å². The van der Waals surface area contributed by atoms with Crippen molar-refractivity contribution < 1.29 is 19.1 Å². The van der Waals surface area contributed by atoms with Crippen LogP contribution in [-0.2, 0) is 19.1 Å². The fraction of sp³-hybridized carbons (Fsp3) is 0.444. The lowest BCUT2D eigenvalue weighted by molar-refractivity contribution is -0.141. The highest BCUT2D eigenvalue weighted by Gasteiger charge is 2.12. The summed E-state index contributed by atoms with van der Waals surface area (Å²) in [5, 5.41) is 0. The Balaban J connectivity index is 2.64. The zero-order valence-electron chi connectivity index (χ0n) is 14.1. The Morgan fingerprint density at radius 1 is 1.13 bits per heavy atom. The Labute approximate surface area is 137 Å². The second-order valence-electron chi connectivity index (χ2n) is 5.24. The van der Waals surface area contributed by atoms with Crippen LogP contribution in [0, 0.1) is 6.92 Å². The van der Waals surface area contributed by atoms with Crippen LogP contribution in [0.1, 0.15) is 24.0 Å². The predicted octanol–water partition coefficient (Wildman–Crippen LogP) is 2.44. The van der Waals surface area contributed by atoms with E-state index in [1.807, 2.05) is 31.2 Å². The summed E-state index contributed by atoms with van der Waals surface area (Å²) in [6.45, 7) is 3.47. The van der Waals surface area contributed by atoms with Gasteiger partial charge in [-0.05, 0) is 25.0 Å². The third kappa shape index (κ3) is 7.61. The van der Waals surface area contributed by atoms with Crippen LogP contribution in [0.25, 0.3) is 6.08 Å². The molecular formula is C18H25NO4. The molecule has 1 amide bonds. The van der Waals surface area contributed by atoms with Crippen molar-refractivity contribution in [3.05, 3.63) is 41.5 Å². The van der Waals surface area contributed by atoms with E-state index in [1.165, 1.54) is 18.7 Å². The number of carbonyl (C=O) groups is 2. The summed E-state index contributed by atoms with van der Waals surface area (Å²) in [7, 11) is 2.97. The monoisotopic (exact) mass is 319 g/mol. The first-order valence-electron chi connectivity index (χ1n) is 7.66. The number of hydrogen-bond donors (Lipinski definition) is 0. The van der Waals surface area contributed by atoms with Gasteiger partial charge in [0.2, 0.25) is 5.91 Å². The number of carbonyl (C=O) groups excluding carboxylic acids is 2. The predicted molar refractivity (Wildman–Crippen MR) is 89.9 cm³/mol. The zero-order chi connectivity index (χ0) is 17.1. The van der Waals surface area contributed by atoms with Gasteiger partial charge in [-0.25, -0.2) is 0 Å². The van der Waals surface area contributed by atoms with Crippen LogP contribution < -0.4 is 0 Å². The molecule has 0 bridgehead atoms. The molecule has 0 aliphatic rings. The van der Waals surface area contributed by atoms with E-state index in [4.69, 9.17) is 4.74 Å². The molecule has 5 nitrogen and oxygen atoms in total. The number of methoxy groups -OCH3 is 2. The lowest BCUT2D eigenvalue weighted by Crippen LogP contribution is -2.33. The highest BCUT2D eigenvalue weighted by molar-refractivity contribution is 5.92. The van der Waals surface area contributed by atoms with Crippen molar-refractivity contribution in [3.63, 3.8) is 0 Å². The first kappa shape index (κ1) is 18.9. The maximum atomic E-state index is 12.3. The Morgan fingerprint density at radius 3 is 2.43 bits per heavy atom. The molecule has 0 heterocycles. The molecule has 0 aliphatic carbocycles. The van der Waals surface area contributed by atoms with Gasteiger partial charge in [-0.3, -0.25) is 9.59 Å². The summed E-state index contributed by atoms with van der Waals surface area (Å²) in [5.41, 5.74) is 2.14. The Kier molecular flexibility index (Phi) is 8.68. The summed E-state index contributed by atoms with van der Waals surface area (Å²) in [6.07, 6.45) is 4.23. The van der Waals surface area contributed by atoms with Gasteiger partial charge in [-0.2, -0.15) is 0 Å². The number of rotatable bonds is 9. The molecule has 5 heteroatoms. The molecule has 0 aliphatic heterocycles. The second-order valence-corrected chi connectivity index (χ2v) is 5.24. The number of ether oxygens (including phenoxy) is 2. The van der Waals surface area contributed by atoms with Crippen molar-refractivity contribution in [1.29, 1.82) is 0 Å². The van der Waals surface area contributed by atoms with Crippen LogP contribution in [-0.4, -0.2) is 50.7 Å². The summed E-state index contributed by atoms with van der Waals surface area (Å²) >= 11 is 0. The van der Waals surface area contributed by atoms with Gasteiger partial charge in [-0.15, -0.1) is 0 Å². The maximum absolute atomic E-state index is 12.3. The van der Waals surface area contributed by atoms with Crippen LogP contribution >= 0.6 is 0 Å². The van der Waals surface area contributed by atoms with E-state index < -0.39 is 0 Å². The lowest BCUT2D eigenvalue weighted by Gasteiger charge is -2.20. The topological polar surface area (TPSA) is 55.8 Å². The van der Waals surface area contributed by atoms with Gasteiger partial charge in [0.15, 0.2) is 0 Å². The largest absolute Gasteiger partial charge is 0.469 e. The number of benzene rings is 1. The van der Waals surface area contributed by atoms with Gasteiger partial charge in [0, 0.05) is 32.9 Å². The van der Waals surface area contributed by atoms with Crippen molar-refractivity contribution >= 4 is 18.0 Å². The molecule has 23 heavy (non-hydrogen) atoms. The summed E-state index contributed by atoms with van der Waals surface area (Å²) in [6, 6.07) is 7.92. The Morgan fingerprint density at radius 2 is 1.83 bits per heavy atom. The van der Waals surface area contributed by atoms with Crippen molar-refractivity contribution in [1.82, 2.24) is 4.90 Å². The zero-order valence-corrected chi connectivity index (χ0v) is 14.1. The van der Waals surface area contributed by atoms with E-state index in [-0.39, 0.29) is 18.3 Å². The molecule has 0 unspecified atom stereocenters. The third-order valence-corrected chi connectivity index (χ3v) is 3.40. The molecule has 126 valence electrons. The minimum absolute atomic E-state index is 0.120. The molecule has 1 rings (SSSR count). The fourth-order valence-corrected chi connectivity index (χ4v) is 2.01. The van der Waals surface area contributed by atoms with Crippen molar-refractivity contribution in [2.45, 2.75) is 19.8 Å².